The maximum absolute atomic E-state index is 12.4. The van der Waals surface area contributed by atoms with Gasteiger partial charge in [0.2, 0.25) is 10.0 Å². The topological polar surface area (TPSA) is 72.6 Å². The summed E-state index contributed by atoms with van der Waals surface area (Å²) in [6, 6.07) is 9.82. The Bertz CT molecular complexity index is 482. The predicted molar refractivity (Wildman–Crippen MR) is 88.3 cm³/mol. The number of hydrogen-bond acceptors (Lipinski definition) is 4. The van der Waals surface area contributed by atoms with Crippen molar-refractivity contribution in [2.45, 2.75) is 18.6 Å². The molecule has 1 aromatic rings. The van der Waals surface area contributed by atoms with Crippen LogP contribution in [0.15, 0.2) is 30.3 Å². The average molecular weight is 337 g/mol. The third-order valence-corrected chi connectivity index (χ3v) is 5.38. The number of nitrogens with zero attached hydrogens (tertiary/aromatic N) is 1. The minimum Gasteiger partial charge on any atom is -0.383 e. The third kappa shape index (κ3) is 6.32. The summed E-state index contributed by atoms with van der Waals surface area (Å²) >= 11 is 0. The zero-order chi connectivity index (χ0) is 15.0. The third-order valence-electron chi connectivity index (χ3n) is 3.14. The molecule has 0 bridgehead atoms. The predicted octanol–water partition coefficient (Wildman–Crippen LogP) is 1.28. The van der Waals surface area contributed by atoms with Crippen LogP contribution in [0.2, 0.25) is 0 Å². The molecule has 2 N–H and O–H groups in total. The van der Waals surface area contributed by atoms with Gasteiger partial charge in [0.05, 0.1) is 11.9 Å². The standard InChI is InChI=1S/C14H24N2O3S.ClH/c1-13(12-19-2)20(17,18)16(11-9-15)10-8-14-6-4-3-5-7-14;/h3-7,13H,8-12,15H2,1-2H3;1H. The second-order valence-electron chi connectivity index (χ2n) is 4.73. The monoisotopic (exact) mass is 336 g/mol. The lowest BCUT2D eigenvalue weighted by Gasteiger charge is -2.25. The molecule has 0 saturated heterocycles. The molecule has 1 aromatic carbocycles. The average Bonchev–Trinajstić information content (AvgIpc) is 2.44. The molecule has 122 valence electrons. The molecule has 1 unspecified atom stereocenters. The lowest BCUT2D eigenvalue weighted by atomic mass is 10.1. The van der Waals surface area contributed by atoms with Crippen molar-refractivity contribution in [1.29, 1.82) is 0 Å². The highest BCUT2D eigenvalue weighted by molar-refractivity contribution is 7.89. The maximum atomic E-state index is 12.4. The Kier molecular flexibility index (Phi) is 9.81. The maximum Gasteiger partial charge on any atom is 0.219 e. The fourth-order valence-electron chi connectivity index (χ4n) is 1.98. The molecular formula is C14H25ClN2O3S. The molecule has 5 nitrogen and oxygen atoms in total. The molecule has 0 aliphatic rings. The van der Waals surface area contributed by atoms with Gasteiger partial charge in [-0.3, -0.25) is 0 Å². The number of rotatable bonds is 9. The van der Waals surface area contributed by atoms with E-state index in [1.165, 1.54) is 11.4 Å². The summed E-state index contributed by atoms with van der Waals surface area (Å²) in [6.45, 7) is 2.94. The smallest absolute Gasteiger partial charge is 0.219 e. The number of nitrogens with two attached hydrogens (primary N) is 1. The van der Waals surface area contributed by atoms with Crippen LogP contribution in [0.4, 0.5) is 0 Å². The van der Waals surface area contributed by atoms with Crippen molar-refractivity contribution in [1.82, 2.24) is 4.31 Å². The Labute approximate surface area is 133 Å². The number of ether oxygens (including phenoxy) is 1. The molecule has 0 radical (unpaired) electrons. The van der Waals surface area contributed by atoms with E-state index in [4.69, 9.17) is 10.5 Å². The van der Waals surface area contributed by atoms with E-state index in [9.17, 15) is 8.42 Å². The van der Waals surface area contributed by atoms with E-state index < -0.39 is 15.3 Å². The van der Waals surface area contributed by atoms with E-state index in [2.05, 4.69) is 0 Å². The van der Waals surface area contributed by atoms with Crippen LogP contribution in [0, 0.1) is 0 Å². The molecule has 0 saturated carbocycles. The van der Waals surface area contributed by atoms with Gasteiger partial charge in [-0.25, -0.2) is 12.7 Å². The van der Waals surface area contributed by atoms with Gasteiger partial charge >= 0.3 is 0 Å². The van der Waals surface area contributed by atoms with Crippen LogP contribution in [0.1, 0.15) is 12.5 Å². The second kappa shape index (κ2) is 10.1. The van der Waals surface area contributed by atoms with Crippen LogP contribution in [0.25, 0.3) is 0 Å². The van der Waals surface area contributed by atoms with Gasteiger partial charge in [0, 0.05) is 26.7 Å². The van der Waals surface area contributed by atoms with Crippen molar-refractivity contribution in [3.8, 4) is 0 Å². The van der Waals surface area contributed by atoms with E-state index in [1.807, 2.05) is 30.3 Å². The molecule has 7 heteroatoms. The van der Waals surface area contributed by atoms with E-state index in [0.29, 0.717) is 26.1 Å². The number of halogens is 1. The van der Waals surface area contributed by atoms with Gasteiger partial charge in [-0.2, -0.15) is 0 Å². The molecular weight excluding hydrogens is 312 g/mol. The van der Waals surface area contributed by atoms with E-state index in [-0.39, 0.29) is 19.0 Å². The normalized spacial score (nSPS) is 13.0. The Morgan fingerprint density at radius 2 is 1.86 bits per heavy atom. The second-order valence-corrected chi connectivity index (χ2v) is 7.09. The zero-order valence-corrected chi connectivity index (χ0v) is 14.2. The van der Waals surface area contributed by atoms with Crippen LogP contribution < -0.4 is 5.73 Å². The van der Waals surface area contributed by atoms with Gasteiger partial charge in [-0.05, 0) is 18.9 Å². The van der Waals surface area contributed by atoms with Crippen molar-refractivity contribution in [2.24, 2.45) is 5.73 Å². The summed E-state index contributed by atoms with van der Waals surface area (Å²) in [6.07, 6.45) is 0.680. The number of benzene rings is 1. The highest BCUT2D eigenvalue weighted by Crippen LogP contribution is 2.11. The summed E-state index contributed by atoms with van der Waals surface area (Å²) in [5, 5.41) is -0.560. The zero-order valence-electron chi connectivity index (χ0n) is 12.6. The first-order valence-electron chi connectivity index (χ1n) is 6.74. The number of methoxy groups -OCH3 is 1. The van der Waals surface area contributed by atoms with Gasteiger partial charge in [0.15, 0.2) is 0 Å². The fraction of sp³-hybridized carbons (Fsp3) is 0.571. The summed E-state index contributed by atoms with van der Waals surface area (Å²) in [7, 11) is -1.86. The van der Waals surface area contributed by atoms with Crippen LogP contribution in [-0.4, -0.2) is 51.3 Å². The molecule has 0 amide bonds. The molecule has 0 aromatic heterocycles. The summed E-state index contributed by atoms with van der Waals surface area (Å²) in [5.41, 5.74) is 6.65. The SMILES string of the molecule is COCC(C)S(=O)(=O)N(CCN)CCc1ccccc1.Cl. The lowest BCUT2D eigenvalue weighted by molar-refractivity contribution is 0.198. The molecule has 0 spiro atoms. The Balaban J connectivity index is 0.00000400. The van der Waals surface area contributed by atoms with Gasteiger partial charge in [-0.15, -0.1) is 12.4 Å². The summed E-state index contributed by atoms with van der Waals surface area (Å²) in [4.78, 5) is 0. The molecule has 1 atom stereocenters. The van der Waals surface area contributed by atoms with Crippen LogP contribution in [0.5, 0.6) is 0 Å². The molecule has 0 aliphatic heterocycles. The first kappa shape index (κ1) is 20.3. The van der Waals surface area contributed by atoms with Gasteiger partial charge in [0.1, 0.15) is 0 Å². The van der Waals surface area contributed by atoms with Crippen LogP contribution >= 0.6 is 12.4 Å². The minimum absolute atomic E-state index is 0. The molecule has 1 rings (SSSR count). The Hall–Kier alpha value is -0.660. The van der Waals surface area contributed by atoms with E-state index >= 15 is 0 Å². The number of hydrogen-bond donors (Lipinski definition) is 1. The largest absolute Gasteiger partial charge is 0.383 e. The van der Waals surface area contributed by atoms with Gasteiger partial charge < -0.3 is 10.5 Å². The molecule has 0 aliphatic carbocycles. The highest BCUT2D eigenvalue weighted by Gasteiger charge is 2.27. The van der Waals surface area contributed by atoms with Crippen molar-refractivity contribution in [3.63, 3.8) is 0 Å². The van der Waals surface area contributed by atoms with Crippen LogP contribution in [-0.2, 0) is 21.2 Å². The summed E-state index contributed by atoms with van der Waals surface area (Å²) < 4.78 is 31.3. The lowest BCUT2D eigenvalue weighted by Crippen LogP contribution is -2.43. The van der Waals surface area contributed by atoms with Crippen LogP contribution in [0.3, 0.4) is 0 Å². The van der Waals surface area contributed by atoms with E-state index in [0.717, 1.165) is 5.56 Å². The van der Waals surface area contributed by atoms with Crippen molar-refractivity contribution in [3.05, 3.63) is 35.9 Å². The van der Waals surface area contributed by atoms with Crippen molar-refractivity contribution < 1.29 is 13.2 Å². The van der Waals surface area contributed by atoms with E-state index in [1.54, 1.807) is 6.92 Å². The first-order chi connectivity index (χ1) is 9.52. The fourth-order valence-corrected chi connectivity index (χ4v) is 3.51. The number of sulfonamides is 1. The van der Waals surface area contributed by atoms with Gasteiger partial charge in [-0.1, -0.05) is 30.3 Å². The first-order valence-corrected chi connectivity index (χ1v) is 8.24. The van der Waals surface area contributed by atoms with Gasteiger partial charge in [0.25, 0.3) is 0 Å². The molecule has 0 fully saturated rings. The minimum atomic E-state index is -3.37. The quantitative estimate of drug-likeness (QED) is 0.737. The molecule has 0 heterocycles. The Morgan fingerprint density at radius 1 is 1.24 bits per heavy atom. The van der Waals surface area contributed by atoms with Crippen molar-refractivity contribution in [2.75, 3.05) is 33.4 Å². The molecule has 21 heavy (non-hydrogen) atoms. The van der Waals surface area contributed by atoms with Crippen molar-refractivity contribution >= 4 is 22.4 Å². The highest BCUT2D eigenvalue weighted by atomic mass is 35.5. The summed E-state index contributed by atoms with van der Waals surface area (Å²) in [5.74, 6) is 0. The Morgan fingerprint density at radius 3 is 2.38 bits per heavy atom.